The van der Waals surface area contributed by atoms with Gasteiger partial charge in [-0.1, -0.05) is 72.3 Å². The lowest BCUT2D eigenvalue weighted by atomic mass is 9.59. The first-order chi connectivity index (χ1) is 22.7. The molecule has 1 saturated heterocycles. The number of Topliss-reactive ketones (excluding diaryl/α,β-unsaturated/α-hetero) is 1. The van der Waals surface area contributed by atoms with E-state index in [2.05, 4.69) is 0 Å². The van der Waals surface area contributed by atoms with Gasteiger partial charge in [-0.25, -0.2) is 0 Å². The van der Waals surface area contributed by atoms with E-state index in [1.807, 2.05) is 42.5 Å². The van der Waals surface area contributed by atoms with Crippen LogP contribution >= 0.6 is 0 Å². The number of allylic oxidation sites excluding steroid dienone is 6. The summed E-state index contributed by atoms with van der Waals surface area (Å²) in [6.07, 6.45) is 3.74. The summed E-state index contributed by atoms with van der Waals surface area (Å²) in [5, 5.41) is 13.0. The topological polar surface area (TPSA) is 109 Å². The number of hydrogen-bond donors (Lipinski definition) is 1. The van der Waals surface area contributed by atoms with Crippen LogP contribution in [0.25, 0.3) is 10.8 Å². The van der Waals surface area contributed by atoms with Crippen LogP contribution < -0.4 is 4.90 Å². The summed E-state index contributed by atoms with van der Waals surface area (Å²) in [5.41, 5.74) is 3.66. The molecule has 3 aliphatic carbocycles. The largest absolute Gasteiger partial charge is 0.508 e. The molecule has 1 heterocycles. The van der Waals surface area contributed by atoms with E-state index in [0.717, 1.165) is 16.3 Å². The maximum absolute atomic E-state index is 14.3. The highest BCUT2D eigenvalue weighted by Gasteiger charge is 2.57. The Bertz CT molecular complexity index is 2170. The van der Waals surface area contributed by atoms with E-state index in [4.69, 9.17) is 0 Å². The molecule has 4 unspecified atom stereocenters. The number of carbonyl (C=O) groups excluding carboxylic acids is 5. The Morgan fingerprint density at radius 1 is 0.787 bits per heavy atom. The molecule has 0 bridgehead atoms. The number of phenols is 1. The average molecular weight is 620 g/mol. The van der Waals surface area contributed by atoms with Gasteiger partial charge in [0.05, 0.1) is 17.5 Å². The molecular weight excluding hydrogens is 590 g/mol. The van der Waals surface area contributed by atoms with Crippen molar-refractivity contribution in [1.82, 2.24) is 0 Å². The number of ketones is 3. The lowest BCUT2D eigenvalue weighted by Gasteiger charge is -2.42. The first-order valence-electron chi connectivity index (χ1n) is 15.7. The van der Waals surface area contributed by atoms with E-state index in [1.54, 1.807) is 61.5 Å². The smallest absolute Gasteiger partial charge is 0.238 e. The van der Waals surface area contributed by atoms with E-state index in [-0.39, 0.29) is 47.8 Å². The number of fused-ring (bicyclic) bond motifs is 4. The molecular formula is C40H29NO6. The molecule has 0 saturated carbocycles. The van der Waals surface area contributed by atoms with Crippen molar-refractivity contribution in [2.45, 2.75) is 25.7 Å². The van der Waals surface area contributed by atoms with E-state index in [1.165, 1.54) is 11.0 Å². The second-order valence-electron chi connectivity index (χ2n) is 12.7. The number of phenolic OH excluding ortho intramolecular Hbond substituents is 1. The van der Waals surface area contributed by atoms with Crippen molar-refractivity contribution in [2.75, 3.05) is 4.90 Å². The maximum atomic E-state index is 14.3. The number of anilines is 1. The monoisotopic (exact) mass is 619 g/mol. The average Bonchev–Trinajstić information content (AvgIpc) is 3.35. The lowest BCUT2D eigenvalue weighted by Crippen LogP contribution is -2.39. The number of imide groups is 1. The first kappa shape index (κ1) is 28.8. The molecule has 2 amide bonds. The molecule has 8 rings (SSSR count). The third kappa shape index (κ3) is 4.30. The van der Waals surface area contributed by atoms with Crippen molar-refractivity contribution in [1.29, 1.82) is 0 Å². The Hall–Kier alpha value is -5.69. The van der Waals surface area contributed by atoms with Gasteiger partial charge in [0.1, 0.15) is 5.75 Å². The minimum Gasteiger partial charge on any atom is -0.508 e. The van der Waals surface area contributed by atoms with Gasteiger partial charge in [0.2, 0.25) is 11.8 Å². The van der Waals surface area contributed by atoms with Gasteiger partial charge in [0.25, 0.3) is 0 Å². The molecule has 1 fully saturated rings. The van der Waals surface area contributed by atoms with Crippen LogP contribution in [0, 0.1) is 17.8 Å². The normalized spacial score (nSPS) is 23.7. The number of hydrogen-bond acceptors (Lipinski definition) is 6. The van der Waals surface area contributed by atoms with Gasteiger partial charge in [-0.2, -0.15) is 0 Å². The predicted octanol–water partition coefficient (Wildman–Crippen LogP) is 6.41. The highest BCUT2D eigenvalue weighted by molar-refractivity contribution is 6.25. The quantitative estimate of drug-likeness (QED) is 0.122. The van der Waals surface area contributed by atoms with E-state index >= 15 is 0 Å². The van der Waals surface area contributed by atoms with Crippen LogP contribution in [-0.2, 0) is 19.2 Å². The fourth-order valence-electron chi connectivity index (χ4n) is 8.07. The molecule has 1 N–H and O–H groups in total. The molecule has 4 aromatic rings. The third-order valence-corrected chi connectivity index (χ3v) is 10.2. The van der Waals surface area contributed by atoms with Crippen molar-refractivity contribution >= 4 is 45.6 Å². The summed E-state index contributed by atoms with van der Waals surface area (Å²) in [6.45, 7) is 1.61. The molecule has 1 aliphatic heterocycles. The summed E-state index contributed by atoms with van der Waals surface area (Å²) >= 11 is 0. The number of aromatic hydroxyl groups is 1. The molecule has 4 aromatic carbocycles. The zero-order valence-corrected chi connectivity index (χ0v) is 25.5. The van der Waals surface area contributed by atoms with Crippen molar-refractivity contribution in [2.24, 2.45) is 17.8 Å². The van der Waals surface area contributed by atoms with Gasteiger partial charge in [-0.15, -0.1) is 0 Å². The second-order valence-corrected chi connectivity index (χ2v) is 12.7. The van der Waals surface area contributed by atoms with Gasteiger partial charge >= 0.3 is 0 Å². The maximum Gasteiger partial charge on any atom is 0.238 e. The van der Waals surface area contributed by atoms with Gasteiger partial charge in [-0.3, -0.25) is 28.9 Å². The highest BCUT2D eigenvalue weighted by atomic mass is 16.3. The Morgan fingerprint density at radius 3 is 2.26 bits per heavy atom. The summed E-state index contributed by atoms with van der Waals surface area (Å²) in [7, 11) is 0. The lowest BCUT2D eigenvalue weighted by molar-refractivity contribution is -0.123. The molecule has 4 atom stereocenters. The number of rotatable bonds is 4. The highest BCUT2D eigenvalue weighted by Crippen LogP contribution is 2.57. The van der Waals surface area contributed by atoms with Crippen LogP contribution in [-0.4, -0.2) is 34.3 Å². The Balaban J connectivity index is 1.21. The van der Waals surface area contributed by atoms with Crippen LogP contribution in [0.3, 0.4) is 0 Å². The van der Waals surface area contributed by atoms with Crippen molar-refractivity contribution in [3.8, 4) is 5.75 Å². The van der Waals surface area contributed by atoms with Crippen LogP contribution in [0.4, 0.5) is 5.69 Å². The zero-order chi connectivity index (χ0) is 32.6. The summed E-state index contributed by atoms with van der Waals surface area (Å²) < 4.78 is 0. The minimum absolute atomic E-state index is 0.00339. The number of carbonyl (C=O) groups is 5. The Labute approximate surface area is 270 Å². The fourth-order valence-corrected chi connectivity index (χ4v) is 8.07. The van der Waals surface area contributed by atoms with Crippen LogP contribution in [0.2, 0.25) is 0 Å². The number of amides is 2. The predicted molar refractivity (Wildman–Crippen MR) is 176 cm³/mol. The van der Waals surface area contributed by atoms with Crippen molar-refractivity contribution < 1.29 is 29.1 Å². The molecule has 230 valence electrons. The minimum atomic E-state index is -0.754. The molecule has 47 heavy (non-hydrogen) atoms. The second kappa shape index (κ2) is 10.7. The van der Waals surface area contributed by atoms with E-state index in [9.17, 15) is 29.1 Å². The van der Waals surface area contributed by atoms with Gasteiger partial charge in [0, 0.05) is 39.3 Å². The van der Waals surface area contributed by atoms with Gasteiger partial charge < -0.3 is 5.11 Å². The summed E-state index contributed by atoms with van der Waals surface area (Å²) in [4.78, 5) is 69.8. The van der Waals surface area contributed by atoms with Gasteiger partial charge in [0.15, 0.2) is 17.3 Å². The summed E-state index contributed by atoms with van der Waals surface area (Å²) in [5.74, 6) is -4.08. The SMILES string of the molecule is CC1=CC(=O)C2=C(CC3C(=CCC4C(=O)N(c5ccc(C(=O)c6ccccc6)cc5)C(=O)C43)C2c2c(O)ccc3ccccc23)C1=O. The number of benzene rings is 4. The standard InChI is InChI=1S/C40H29NO6/c1-21-19-32(43)35-30(37(21)44)20-29-27(36(35)34-26-10-6-5-7-22(26)13-18-31(34)42)16-17-28-33(29)40(47)41(39(28)46)25-14-11-24(12-15-25)38(45)23-8-3-2-4-9-23/h2-16,18-19,28-29,33,36,42H,17,20H2,1H3. The molecule has 4 aliphatic rings. The van der Waals surface area contributed by atoms with Crippen LogP contribution in [0.1, 0.15) is 47.2 Å². The molecule has 0 radical (unpaired) electrons. The molecule has 7 nitrogen and oxygen atoms in total. The van der Waals surface area contributed by atoms with Gasteiger partial charge in [-0.05, 0) is 72.9 Å². The Morgan fingerprint density at radius 2 is 1.49 bits per heavy atom. The molecule has 0 spiro atoms. The molecule has 0 aromatic heterocycles. The Kier molecular flexibility index (Phi) is 6.55. The van der Waals surface area contributed by atoms with Crippen molar-refractivity contribution in [3.63, 3.8) is 0 Å². The summed E-state index contributed by atoms with van der Waals surface area (Å²) in [6, 6.07) is 26.3. The van der Waals surface area contributed by atoms with Crippen molar-refractivity contribution in [3.05, 3.63) is 142 Å². The fraction of sp³-hybridized carbons (Fsp3) is 0.175. The third-order valence-electron chi connectivity index (χ3n) is 10.2. The number of nitrogens with zero attached hydrogens (tertiary/aromatic N) is 1. The molecule has 7 heteroatoms. The van der Waals surface area contributed by atoms with E-state index < -0.39 is 23.7 Å². The van der Waals surface area contributed by atoms with Crippen LogP contribution in [0.5, 0.6) is 5.75 Å². The first-order valence-corrected chi connectivity index (χ1v) is 15.7. The zero-order valence-electron chi connectivity index (χ0n) is 25.5. The van der Waals surface area contributed by atoms with E-state index in [0.29, 0.717) is 39.1 Å². The van der Waals surface area contributed by atoms with Crippen LogP contribution in [0.15, 0.2) is 125 Å².